The third-order valence-electron chi connectivity index (χ3n) is 2.82. The maximum Gasteiger partial charge on any atom is 0.0300 e. The van der Waals surface area contributed by atoms with Gasteiger partial charge in [-0.15, -0.1) is 11.3 Å². The van der Waals surface area contributed by atoms with Crippen LogP contribution >= 0.6 is 23.1 Å². The lowest BCUT2D eigenvalue weighted by atomic mass is 10.1. The van der Waals surface area contributed by atoms with E-state index in [1.54, 1.807) is 0 Å². The van der Waals surface area contributed by atoms with Gasteiger partial charge in [0.1, 0.15) is 0 Å². The summed E-state index contributed by atoms with van der Waals surface area (Å²) in [5, 5.41) is 5.61. The Hall–Kier alpha value is -0.770. The van der Waals surface area contributed by atoms with Crippen LogP contribution in [0.15, 0.2) is 41.8 Å². The summed E-state index contributed by atoms with van der Waals surface area (Å²) in [5.41, 5.74) is 2.86. The van der Waals surface area contributed by atoms with Gasteiger partial charge < -0.3 is 5.32 Å². The molecular weight excluding hydrogens is 258 g/mol. The zero-order valence-electron chi connectivity index (χ0n) is 10.7. The number of hydrogen-bond donors (Lipinski definition) is 1. The van der Waals surface area contributed by atoms with Gasteiger partial charge in [0, 0.05) is 29.5 Å². The highest BCUT2D eigenvalue weighted by atomic mass is 32.2. The SMILES string of the molecule is Cc1ccccc1CSCCNCc1cccs1. The van der Waals surface area contributed by atoms with Crippen molar-refractivity contribution in [1.29, 1.82) is 0 Å². The number of thioether (sulfide) groups is 1. The summed E-state index contributed by atoms with van der Waals surface area (Å²) >= 11 is 3.81. The zero-order valence-corrected chi connectivity index (χ0v) is 12.3. The molecule has 0 radical (unpaired) electrons. The van der Waals surface area contributed by atoms with Crippen molar-refractivity contribution < 1.29 is 0 Å². The second-order valence-electron chi connectivity index (χ2n) is 4.24. The van der Waals surface area contributed by atoms with Crippen LogP contribution in [0.5, 0.6) is 0 Å². The molecule has 1 aromatic carbocycles. The van der Waals surface area contributed by atoms with Gasteiger partial charge in [-0.25, -0.2) is 0 Å². The van der Waals surface area contributed by atoms with Crippen LogP contribution in [0.3, 0.4) is 0 Å². The van der Waals surface area contributed by atoms with E-state index in [0.717, 1.165) is 18.8 Å². The van der Waals surface area contributed by atoms with Crippen LogP contribution in [-0.2, 0) is 12.3 Å². The summed E-state index contributed by atoms with van der Waals surface area (Å²) in [6.45, 7) is 4.27. The van der Waals surface area contributed by atoms with E-state index in [2.05, 4.69) is 54.0 Å². The molecule has 2 aromatic rings. The zero-order chi connectivity index (χ0) is 12.6. The first-order valence-corrected chi connectivity index (χ1v) is 8.25. The summed E-state index contributed by atoms with van der Waals surface area (Å²) in [6.07, 6.45) is 0. The van der Waals surface area contributed by atoms with E-state index in [9.17, 15) is 0 Å². The molecule has 0 saturated carbocycles. The first kappa shape index (κ1) is 13.7. The Bertz CT molecular complexity index is 451. The Morgan fingerprint density at radius 1 is 1.17 bits per heavy atom. The van der Waals surface area contributed by atoms with Gasteiger partial charge in [0.15, 0.2) is 0 Å². The van der Waals surface area contributed by atoms with Crippen molar-refractivity contribution in [1.82, 2.24) is 5.32 Å². The van der Waals surface area contributed by atoms with Crippen molar-refractivity contribution in [2.75, 3.05) is 12.3 Å². The molecule has 1 N–H and O–H groups in total. The number of thiophene rings is 1. The summed E-state index contributed by atoms with van der Waals surface area (Å²) in [5.74, 6) is 2.28. The number of benzene rings is 1. The smallest absolute Gasteiger partial charge is 0.0300 e. The lowest BCUT2D eigenvalue weighted by Gasteiger charge is -2.06. The lowest BCUT2D eigenvalue weighted by Crippen LogP contribution is -2.15. The van der Waals surface area contributed by atoms with E-state index in [1.807, 2.05) is 23.1 Å². The highest BCUT2D eigenvalue weighted by Gasteiger charge is 1.97. The number of nitrogens with one attached hydrogen (secondary N) is 1. The van der Waals surface area contributed by atoms with Crippen LogP contribution in [0.25, 0.3) is 0 Å². The Labute approximate surface area is 118 Å². The molecule has 0 bridgehead atoms. The minimum atomic E-state index is 1.00. The summed E-state index contributed by atoms with van der Waals surface area (Å²) in [6, 6.07) is 12.9. The van der Waals surface area contributed by atoms with Gasteiger partial charge in [0.2, 0.25) is 0 Å². The molecule has 2 rings (SSSR count). The molecular formula is C15H19NS2. The summed E-state index contributed by atoms with van der Waals surface area (Å²) in [4.78, 5) is 1.42. The lowest BCUT2D eigenvalue weighted by molar-refractivity contribution is 0.741. The van der Waals surface area contributed by atoms with Crippen LogP contribution in [0, 0.1) is 6.92 Å². The third-order valence-corrected chi connectivity index (χ3v) is 4.71. The molecule has 0 aliphatic heterocycles. The Kier molecular flexibility index (Phi) is 5.78. The second-order valence-corrected chi connectivity index (χ2v) is 6.37. The minimum absolute atomic E-state index is 1.00. The predicted molar refractivity (Wildman–Crippen MR) is 83.4 cm³/mol. The normalized spacial score (nSPS) is 10.7. The molecule has 96 valence electrons. The van der Waals surface area contributed by atoms with Crippen LogP contribution in [0.1, 0.15) is 16.0 Å². The van der Waals surface area contributed by atoms with Crippen molar-refractivity contribution in [2.24, 2.45) is 0 Å². The van der Waals surface area contributed by atoms with Gasteiger partial charge in [-0.05, 0) is 29.5 Å². The van der Waals surface area contributed by atoms with Crippen molar-refractivity contribution in [3.63, 3.8) is 0 Å². The molecule has 0 amide bonds. The van der Waals surface area contributed by atoms with Crippen molar-refractivity contribution in [3.05, 3.63) is 57.8 Å². The van der Waals surface area contributed by atoms with Gasteiger partial charge in [-0.3, -0.25) is 0 Å². The van der Waals surface area contributed by atoms with Gasteiger partial charge in [0.25, 0.3) is 0 Å². The van der Waals surface area contributed by atoms with Crippen molar-refractivity contribution in [2.45, 2.75) is 19.2 Å². The molecule has 0 aliphatic rings. The largest absolute Gasteiger partial charge is 0.311 e. The fraction of sp³-hybridized carbons (Fsp3) is 0.333. The topological polar surface area (TPSA) is 12.0 Å². The monoisotopic (exact) mass is 277 g/mol. The van der Waals surface area contributed by atoms with Crippen LogP contribution in [0.2, 0.25) is 0 Å². The molecule has 1 aromatic heterocycles. The molecule has 0 atom stereocenters. The number of hydrogen-bond acceptors (Lipinski definition) is 3. The minimum Gasteiger partial charge on any atom is -0.311 e. The molecule has 0 aliphatic carbocycles. The fourth-order valence-electron chi connectivity index (χ4n) is 1.72. The van der Waals surface area contributed by atoms with E-state index < -0.39 is 0 Å². The third kappa shape index (κ3) is 4.48. The second kappa shape index (κ2) is 7.62. The van der Waals surface area contributed by atoms with Crippen LogP contribution in [-0.4, -0.2) is 12.3 Å². The van der Waals surface area contributed by atoms with Crippen molar-refractivity contribution >= 4 is 23.1 Å². The Morgan fingerprint density at radius 2 is 2.06 bits per heavy atom. The highest BCUT2D eigenvalue weighted by Crippen LogP contribution is 2.15. The summed E-state index contributed by atoms with van der Waals surface area (Å²) in [7, 11) is 0. The molecule has 0 unspecified atom stereocenters. The van der Waals surface area contributed by atoms with Crippen LogP contribution in [0.4, 0.5) is 0 Å². The molecule has 3 heteroatoms. The molecule has 18 heavy (non-hydrogen) atoms. The van der Waals surface area contributed by atoms with E-state index in [-0.39, 0.29) is 0 Å². The Morgan fingerprint density at radius 3 is 2.83 bits per heavy atom. The standard InChI is InChI=1S/C15H19NS2/c1-13-5-2-3-6-14(13)12-17-10-8-16-11-15-7-4-9-18-15/h2-7,9,16H,8,10-12H2,1H3. The van der Waals surface area contributed by atoms with E-state index >= 15 is 0 Å². The maximum absolute atomic E-state index is 3.48. The average molecular weight is 277 g/mol. The highest BCUT2D eigenvalue weighted by molar-refractivity contribution is 7.98. The molecule has 0 spiro atoms. The molecule has 0 fully saturated rings. The van der Waals surface area contributed by atoms with Gasteiger partial charge >= 0.3 is 0 Å². The van der Waals surface area contributed by atoms with E-state index in [1.165, 1.54) is 21.8 Å². The molecule has 1 heterocycles. The van der Waals surface area contributed by atoms with Gasteiger partial charge in [-0.2, -0.15) is 11.8 Å². The fourth-order valence-corrected chi connectivity index (χ4v) is 3.37. The van der Waals surface area contributed by atoms with E-state index in [4.69, 9.17) is 0 Å². The van der Waals surface area contributed by atoms with Crippen molar-refractivity contribution in [3.8, 4) is 0 Å². The summed E-state index contributed by atoms with van der Waals surface area (Å²) < 4.78 is 0. The average Bonchev–Trinajstić information content (AvgIpc) is 2.89. The van der Waals surface area contributed by atoms with Crippen LogP contribution < -0.4 is 5.32 Å². The van der Waals surface area contributed by atoms with Gasteiger partial charge in [-0.1, -0.05) is 30.3 Å². The number of aryl methyl sites for hydroxylation is 1. The van der Waals surface area contributed by atoms with E-state index in [0.29, 0.717) is 0 Å². The Balaban J connectivity index is 1.58. The quantitative estimate of drug-likeness (QED) is 0.765. The number of rotatable bonds is 7. The van der Waals surface area contributed by atoms with Gasteiger partial charge in [0.05, 0.1) is 0 Å². The predicted octanol–water partition coefficient (Wildman–Crippen LogP) is 4.08. The molecule has 0 saturated heterocycles. The first-order valence-electron chi connectivity index (χ1n) is 6.21. The first-order chi connectivity index (χ1) is 8.86. The maximum atomic E-state index is 3.48. The molecule has 1 nitrogen and oxygen atoms in total.